The molecule has 4 nitrogen and oxygen atoms in total. The van der Waals surface area contributed by atoms with Gasteiger partial charge >= 0.3 is 0 Å². The smallest absolute Gasteiger partial charge is 0.224 e. The highest BCUT2D eigenvalue weighted by molar-refractivity contribution is 6.29. The summed E-state index contributed by atoms with van der Waals surface area (Å²) >= 11 is 5.75. The van der Waals surface area contributed by atoms with Gasteiger partial charge in [0.25, 0.3) is 0 Å². The van der Waals surface area contributed by atoms with Gasteiger partial charge in [0.1, 0.15) is 5.15 Å². The van der Waals surface area contributed by atoms with Gasteiger partial charge in [0.05, 0.1) is 19.6 Å². The van der Waals surface area contributed by atoms with Gasteiger partial charge in [-0.25, -0.2) is 4.98 Å². The van der Waals surface area contributed by atoms with Crippen LogP contribution in [0.2, 0.25) is 5.15 Å². The van der Waals surface area contributed by atoms with Crippen LogP contribution in [0, 0.1) is 0 Å². The summed E-state index contributed by atoms with van der Waals surface area (Å²) in [6.07, 6.45) is 1.90. The highest BCUT2D eigenvalue weighted by Gasteiger charge is 2.05. The van der Waals surface area contributed by atoms with Gasteiger partial charge in [-0.2, -0.15) is 0 Å². The lowest BCUT2D eigenvalue weighted by atomic mass is 10.1. The lowest BCUT2D eigenvalue weighted by Crippen LogP contribution is -2.24. The molecule has 0 unspecified atom stereocenters. The third-order valence-electron chi connectivity index (χ3n) is 4.01. The molecule has 0 spiro atoms. The summed E-state index contributed by atoms with van der Waals surface area (Å²) in [5.41, 5.74) is 4.11. The van der Waals surface area contributed by atoms with E-state index >= 15 is 0 Å². The molecule has 27 heavy (non-hydrogen) atoms. The maximum Gasteiger partial charge on any atom is 0.224 e. The third-order valence-corrected chi connectivity index (χ3v) is 4.24. The van der Waals surface area contributed by atoms with Crippen molar-refractivity contribution in [2.45, 2.75) is 26.2 Å². The number of nitrogens with zero attached hydrogens (tertiary/aromatic N) is 1. The first-order chi connectivity index (χ1) is 13.2. The largest absolute Gasteiger partial charge is 0.372 e. The number of carbonyl (C=O) groups excluding carboxylic acids is 1. The molecule has 1 heterocycles. The van der Waals surface area contributed by atoms with E-state index in [4.69, 9.17) is 16.3 Å². The molecule has 0 saturated carbocycles. The minimum absolute atomic E-state index is 0.0511. The Kier molecular flexibility index (Phi) is 6.97. The van der Waals surface area contributed by atoms with Crippen LogP contribution in [0.3, 0.4) is 0 Å². The molecular weight excluding hydrogens is 360 g/mol. The van der Waals surface area contributed by atoms with Crippen LogP contribution >= 0.6 is 11.6 Å². The molecule has 0 radical (unpaired) electrons. The second kappa shape index (κ2) is 9.86. The van der Waals surface area contributed by atoms with Crippen molar-refractivity contribution in [2.75, 3.05) is 0 Å². The van der Waals surface area contributed by atoms with Crippen molar-refractivity contribution in [2.24, 2.45) is 0 Å². The minimum atomic E-state index is -0.0511. The molecule has 0 aliphatic heterocycles. The highest BCUT2D eigenvalue weighted by atomic mass is 35.5. The van der Waals surface area contributed by atoms with Crippen molar-refractivity contribution in [1.29, 1.82) is 0 Å². The van der Waals surface area contributed by atoms with Gasteiger partial charge < -0.3 is 10.1 Å². The number of ether oxygens (including phenoxy) is 1. The molecule has 1 amide bonds. The minimum Gasteiger partial charge on any atom is -0.372 e. The zero-order valence-electron chi connectivity index (χ0n) is 14.9. The van der Waals surface area contributed by atoms with E-state index < -0.39 is 0 Å². The summed E-state index contributed by atoms with van der Waals surface area (Å²) in [5.74, 6) is -0.0511. The van der Waals surface area contributed by atoms with Gasteiger partial charge in [0, 0.05) is 12.7 Å². The van der Waals surface area contributed by atoms with Crippen molar-refractivity contribution >= 4 is 17.5 Å². The number of carbonyl (C=O) groups is 1. The molecule has 5 heteroatoms. The Morgan fingerprint density at radius 2 is 1.63 bits per heavy atom. The van der Waals surface area contributed by atoms with Crippen molar-refractivity contribution in [3.63, 3.8) is 0 Å². The molecule has 3 aromatic rings. The molecular formula is C22H21ClN2O2. The predicted octanol–water partition coefficient (Wildman–Crippen LogP) is 4.31. The van der Waals surface area contributed by atoms with Gasteiger partial charge in [-0.05, 0) is 28.3 Å². The van der Waals surface area contributed by atoms with E-state index in [1.54, 1.807) is 18.3 Å². The van der Waals surface area contributed by atoms with Crippen LogP contribution in [0.4, 0.5) is 0 Å². The maximum absolute atomic E-state index is 12.1. The fourth-order valence-corrected chi connectivity index (χ4v) is 2.76. The summed E-state index contributed by atoms with van der Waals surface area (Å²) in [7, 11) is 0. The molecule has 0 aliphatic carbocycles. The number of aromatic nitrogens is 1. The summed E-state index contributed by atoms with van der Waals surface area (Å²) in [6.45, 7) is 1.59. The number of amides is 1. The van der Waals surface area contributed by atoms with Crippen LogP contribution in [0.25, 0.3) is 0 Å². The molecule has 138 valence electrons. The molecule has 0 fully saturated rings. The van der Waals surface area contributed by atoms with Crippen LogP contribution in [0.5, 0.6) is 0 Å². The van der Waals surface area contributed by atoms with Crippen molar-refractivity contribution in [1.82, 2.24) is 10.3 Å². The predicted molar refractivity (Wildman–Crippen MR) is 106 cm³/mol. The quantitative estimate of drug-likeness (QED) is 0.592. The van der Waals surface area contributed by atoms with Crippen molar-refractivity contribution in [3.05, 3.63) is 100 Å². The number of benzene rings is 2. The molecule has 0 aliphatic rings. The fraction of sp³-hybridized carbons (Fsp3) is 0.182. The normalized spacial score (nSPS) is 10.6. The zero-order chi connectivity index (χ0) is 18.9. The molecule has 3 rings (SSSR count). The average molecular weight is 381 g/mol. The SMILES string of the molecule is O=C(Cc1ccc(Cl)nc1)NCc1cccc(COCc2ccccc2)c1. The van der Waals surface area contributed by atoms with Crippen molar-refractivity contribution < 1.29 is 9.53 Å². The van der Waals surface area contributed by atoms with Crippen LogP contribution in [0.15, 0.2) is 72.9 Å². The van der Waals surface area contributed by atoms with Crippen LogP contribution in [0.1, 0.15) is 22.3 Å². The first-order valence-electron chi connectivity index (χ1n) is 8.75. The molecule has 0 atom stereocenters. The molecule has 1 aromatic heterocycles. The highest BCUT2D eigenvalue weighted by Crippen LogP contribution is 2.10. The number of rotatable bonds is 8. The molecule has 0 bridgehead atoms. The lowest BCUT2D eigenvalue weighted by molar-refractivity contribution is -0.120. The van der Waals surface area contributed by atoms with E-state index in [2.05, 4.69) is 16.4 Å². The van der Waals surface area contributed by atoms with Crippen LogP contribution in [-0.4, -0.2) is 10.9 Å². The summed E-state index contributed by atoms with van der Waals surface area (Å²) < 4.78 is 5.77. The number of hydrogen-bond acceptors (Lipinski definition) is 3. The Morgan fingerprint density at radius 1 is 0.889 bits per heavy atom. The van der Waals surface area contributed by atoms with E-state index in [0.717, 1.165) is 22.3 Å². The first kappa shape index (κ1) is 19.1. The van der Waals surface area contributed by atoms with E-state index in [9.17, 15) is 4.79 Å². The van der Waals surface area contributed by atoms with Gasteiger partial charge in [0.2, 0.25) is 5.91 Å². The Balaban J connectivity index is 1.45. The van der Waals surface area contributed by atoms with E-state index in [0.29, 0.717) is 24.9 Å². The zero-order valence-corrected chi connectivity index (χ0v) is 15.7. The number of pyridine rings is 1. The van der Waals surface area contributed by atoms with Gasteiger partial charge in [-0.1, -0.05) is 72.3 Å². The van der Waals surface area contributed by atoms with Gasteiger partial charge in [-0.3, -0.25) is 4.79 Å². The number of halogens is 1. The number of nitrogens with one attached hydrogen (secondary N) is 1. The molecule has 1 N–H and O–H groups in total. The van der Waals surface area contributed by atoms with E-state index in [1.807, 2.05) is 48.5 Å². The van der Waals surface area contributed by atoms with Crippen LogP contribution < -0.4 is 5.32 Å². The lowest BCUT2D eigenvalue weighted by Gasteiger charge is -2.08. The summed E-state index contributed by atoms with van der Waals surface area (Å²) in [6, 6.07) is 21.6. The third kappa shape index (κ3) is 6.51. The van der Waals surface area contributed by atoms with Gasteiger partial charge in [-0.15, -0.1) is 0 Å². The Morgan fingerprint density at radius 3 is 2.41 bits per heavy atom. The Labute approximate surface area is 164 Å². The fourth-order valence-electron chi connectivity index (χ4n) is 2.65. The van der Waals surface area contributed by atoms with Crippen molar-refractivity contribution in [3.8, 4) is 0 Å². The van der Waals surface area contributed by atoms with Gasteiger partial charge in [0.15, 0.2) is 0 Å². The van der Waals surface area contributed by atoms with E-state index in [-0.39, 0.29) is 12.3 Å². The molecule has 2 aromatic carbocycles. The monoisotopic (exact) mass is 380 g/mol. The second-order valence-corrected chi connectivity index (χ2v) is 6.63. The Bertz CT molecular complexity index is 867. The number of hydrogen-bond donors (Lipinski definition) is 1. The maximum atomic E-state index is 12.1. The summed E-state index contributed by atoms with van der Waals surface area (Å²) in [4.78, 5) is 16.1. The van der Waals surface area contributed by atoms with E-state index in [1.165, 1.54) is 0 Å². The van der Waals surface area contributed by atoms with Crippen LogP contribution in [-0.2, 0) is 35.7 Å². The summed E-state index contributed by atoms with van der Waals surface area (Å²) in [5, 5.41) is 3.35. The average Bonchev–Trinajstić information content (AvgIpc) is 2.69. The Hall–Kier alpha value is -2.69. The second-order valence-electron chi connectivity index (χ2n) is 6.24. The standard InChI is InChI=1S/C22H21ClN2O2/c23-21-10-9-19(13-24-21)12-22(26)25-14-18-7-4-8-20(11-18)16-27-15-17-5-2-1-3-6-17/h1-11,13H,12,14-16H2,(H,25,26). The molecule has 0 saturated heterocycles. The first-order valence-corrected chi connectivity index (χ1v) is 9.13. The topological polar surface area (TPSA) is 51.2 Å².